The Hall–Kier alpha value is -1.93. The molecule has 0 saturated heterocycles. The molecule has 0 saturated carbocycles. The molecule has 0 aliphatic carbocycles. The monoisotopic (exact) mass is 305 g/mol. The van der Waals surface area contributed by atoms with Crippen molar-refractivity contribution in [2.24, 2.45) is 0 Å². The Labute approximate surface area is 153 Å². The Kier molecular flexibility index (Phi) is 7.00. The van der Waals surface area contributed by atoms with Gasteiger partial charge in [0.1, 0.15) is 5.75 Å². The van der Waals surface area contributed by atoms with Crippen molar-refractivity contribution >= 4 is 11.6 Å². The number of phenols is 1. The number of allylic oxidation sites excluding steroid dienone is 1. The number of aromatic hydroxyl groups is 1. The topological polar surface area (TPSA) is 62.5 Å². The van der Waals surface area contributed by atoms with E-state index in [9.17, 15) is 10.4 Å². The molecule has 1 N–H and O–H groups in total. The predicted molar refractivity (Wildman–Crippen MR) is 82.2 cm³/mol. The number of nitriles is 1. The summed E-state index contributed by atoms with van der Waals surface area (Å²) in [6, 6.07) is 14.1. The van der Waals surface area contributed by atoms with Crippen molar-refractivity contribution in [3.8, 4) is 23.3 Å². The van der Waals surface area contributed by atoms with Crippen molar-refractivity contribution < 1.29 is 45.6 Å². The standard InChI is InChI=1S/C17H15NO3.Na.H/c1-20-16-8-5-13(10-17(16)21-2)14(11-18)9-12-3-6-15(19)7-4-12;;/h3-10,19H,1-2H3;;/q;+1;-1. The van der Waals surface area contributed by atoms with Crippen LogP contribution < -0.4 is 39.0 Å². The molecule has 108 valence electrons. The van der Waals surface area contributed by atoms with Crippen LogP contribution in [-0.4, -0.2) is 19.3 Å². The van der Waals surface area contributed by atoms with Crippen molar-refractivity contribution in [3.05, 3.63) is 53.6 Å². The van der Waals surface area contributed by atoms with Crippen LogP contribution in [-0.2, 0) is 0 Å². The molecule has 0 aliphatic rings. The van der Waals surface area contributed by atoms with E-state index in [1.54, 1.807) is 62.8 Å². The van der Waals surface area contributed by atoms with Gasteiger partial charge in [-0.3, -0.25) is 0 Å². The molecular formula is C17H16NNaO3. The van der Waals surface area contributed by atoms with E-state index >= 15 is 0 Å². The second-order valence-corrected chi connectivity index (χ2v) is 4.33. The van der Waals surface area contributed by atoms with Crippen LogP contribution in [0.5, 0.6) is 17.2 Å². The molecule has 0 unspecified atom stereocenters. The van der Waals surface area contributed by atoms with Crippen molar-refractivity contribution in [3.63, 3.8) is 0 Å². The summed E-state index contributed by atoms with van der Waals surface area (Å²) in [5.41, 5.74) is 2.07. The van der Waals surface area contributed by atoms with Gasteiger partial charge in [0.05, 0.1) is 25.9 Å². The van der Waals surface area contributed by atoms with Crippen LogP contribution in [0.1, 0.15) is 12.6 Å². The molecule has 2 rings (SSSR count). The Morgan fingerprint density at radius 1 is 1.09 bits per heavy atom. The summed E-state index contributed by atoms with van der Waals surface area (Å²) in [7, 11) is 3.12. The van der Waals surface area contributed by atoms with Gasteiger partial charge in [0.2, 0.25) is 0 Å². The van der Waals surface area contributed by atoms with E-state index in [2.05, 4.69) is 6.07 Å². The third-order valence-corrected chi connectivity index (χ3v) is 3.02. The molecule has 0 aromatic heterocycles. The number of nitrogens with zero attached hydrogens (tertiary/aromatic N) is 1. The molecule has 0 amide bonds. The number of methoxy groups -OCH3 is 2. The first-order valence-electron chi connectivity index (χ1n) is 6.31. The van der Waals surface area contributed by atoms with E-state index in [1.807, 2.05) is 0 Å². The molecule has 0 aliphatic heterocycles. The van der Waals surface area contributed by atoms with Gasteiger partial charge in [-0.2, -0.15) is 5.26 Å². The molecule has 0 bridgehead atoms. The molecule has 0 heterocycles. The molecule has 0 spiro atoms. The quantitative estimate of drug-likeness (QED) is 0.510. The van der Waals surface area contributed by atoms with E-state index < -0.39 is 0 Å². The maximum absolute atomic E-state index is 9.35. The normalized spacial score (nSPS) is 10.3. The van der Waals surface area contributed by atoms with Crippen LogP contribution in [0.15, 0.2) is 42.5 Å². The van der Waals surface area contributed by atoms with Gasteiger partial charge in [0.25, 0.3) is 0 Å². The van der Waals surface area contributed by atoms with Crippen molar-refractivity contribution in [1.29, 1.82) is 5.26 Å². The summed E-state index contributed by atoms with van der Waals surface area (Å²) in [4.78, 5) is 0. The van der Waals surface area contributed by atoms with Crippen molar-refractivity contribution in [2.75, 3.05) is 14.2 Å². The van der Waals surface area contributed by atoms with Gasteiger partial charge in [-0.25, -0.2) is 0 Å². The number of hydrogen-bond acceptors (Lipinski definition) is 4. The first-order valence-corrected chi connectivity index (χ1v) is 6.31. The van der Waals surface area contributed by atoms with E-state index in [1.165, 1.54) is 0 Å². The van der Waals surface area contributed by atoms with Crippen LogP contribution in [0.2, 0.25) is 0 Å². The van der Waals surface area contributed by atoms with Gasteiger partial charge in [-0.1, -0.05) is 12.1 Å². The number of benzene rings is 2. The smallest absolute Gasteiger partial charge is 1.00 e. The van der Waals surface area contributed by atoms with Crippen LogP contribution in [0.25, 0.3) is 11.6 Å². The predicted octanol–water partition coefficient (Wildman–Crippen LogP) is 0.590. The summed E-state index contributed by atoms with van der Waals surface area (Å²) in [6.45, 7) is 0. The van der Waals surface area contributed by atoms with E-state index in [4.69, 9.17) is 9.47 Å². The minimum atomic E-state index is 0. The fourth-order valence-electron chi connectivity index (χ4n) is 1.92. The summed E-state index contributed by atoms with van der Waals surface area (Å²) in [5, 5.41) is 18.6. The number of ether oxygens (including phenoxy) is 2. The molecule has 4 nitrogen and oxygen atoms in total. The zero-order valence-corrected chi connectivity index (χ0v) is 14.8. The van der Waals surface area contributed by atoms with E-state index in [-0.39, 0.29) is 36.7 Å². The molecule has 0 atom stereocenters. The average Bonchev–Trinajstić information content (AvgIpc) is 2.53. The van der Waals surface area contributed by atoms with E-state index in [0.717, 1.165) is 11.1 Å². The Morgan fingerprint density at radius 3 is 2.27 bits per heavy atom. The molecule has 2 aromatic carbocycles. The maximum Gasteiger partial charge on any atom is 1.00 e. The third kappa shape index (κ3) is 4.28. The summed E-state index contributed by atoms with van der Waals surface area (Å²) < 4.78 is 10.4. The average molecular weight is 305 g/mol. The number of rotatable bonds is 4. The van der Waals surface area contributed by atoms with Gasteiger partial charge in [0.15, 0.2) is 11.5 Å². The zero-order chi connectivity index (χ0) is 15.2. The van der Waals surface area contributed by atoms with Crippen molar-refractivity contribution in [1.82, 2.24) is 0 Å². The molecular weight excluding hydrogens is 289 g/mol. The largest absolute Gasteiger partial charge is 1.00 e. The second kappa shape index (κ2) is 8.50. The van der Waals surface area contributed by atoms with Gasteiger partial charge >= 0.3 is 29.6 Å². The molecule has 22 heavy (non-hydrogen) atoms. The van der Waals surface area contributed by atoms with Gasteiger partial charge in [-0.05, 0) is 47.5 Å². The Morgan fingerprint density at radius 2 is 1.73 bits per heavy atom. The summed E-state index contributed by atoms with van der Waals surface area (Å²) in [5.74, 6) is 1.38. The minimum Gasteiger partial charge on any atom is -1.00 e. The van der Waals surface area contributed by atoms with Gasteiger partial charge in [-0.15, -0.1) is 0 Å². The fourth-order valence-corrected chi connectivity index (χ4v) is 1.92. The van der Waals surface area contributed by atoms with Crippen molar-refractivity contribution in [2.45, 2.75) is 0 Å². The van der Waals surface area contributed by atoms with E-state index in [0.29, 0.717) is 17.1 Å². The Balaban J connectivity index is 0.00000242. The summed E-state index contributed by atoms with van der Waals surface area (Å²) in [6.07, 6.45) is 1.75. The summed E-state index contributed by atoms with van der Waals surface area (Å²) >= 11 is 0. The third-order valence-electron chi connectivity index (χ3n) is 3.02. The first-order chi connectivity index (χ1) is 10.2. The van der Waals surface area contributed by atoms with Crippen LogP contribution >= 0.6 is 0 Å². The molecule has 5 heteroatoms. The molecule has 2 aromatic rings. The number of phenolic OH excluding ortho intramolecular Hbond substituents is 1. The fraction of sp³-hybridized carbons (Fsp3) is 0.118. The SMILES string of the molecule is COc1ccc(C(C#N)=Cc2ccc(O)cc2)cc1OC.[H-].[Na+]. The maximum atomic E-state index is 9.35. The van der Waals surface area contributed by atoms with Gasteiger partial charge in [0, 0.05) is 0 Å². The van der Waals surface area contributed by atoms with Crippen LogP contribution in [0.4, 0.5) is 0 Å². The Bertz CT molecular complexity index is 709. The van der Waals surface area contributed by atoms with Gasteiger partial charge < -0.3 is 16.0 Å². The molecule has 0 radical (unpaired) electrons. The molecule has 0 fully saturated rings. The zero-order valence-electron chi connectivity index (χ0n) is 13.8. The second-order valence-electron chi connectivity index (χ2n) is 4.33. The van der Waals surface area contributed by atoms with Crippen LogP contribution in [0, 0.1) is 11.3 Å². The number of hydrogen-bond donors (Lipinski definition) is 1. The first kappa shape index (κ1) is 18.1. The van der Waals surface area contributed by atoms with Crippen LogP contribution in [0.3, 0.4) is 0 Å². The minimum absolute atomic E-state index is 0.